The van der Waals surface area contributed by atoms with Crippen LogP contribution < -0.4 is 24.8 Å². The number of hydrogen-bond donors (Lipinski definition) is 2. The maximum Gasteiger partial charge on any atom is 0.324 e. The Balaban J connectivity index is 1.64. The van der Waals surface area contributed by atoms with Crippen LogP contribution in [0.25, 0.3) is 23.1 Å². The molecule has 0 atom stereocenters. The van der Waals surface area contributed by atoms with Crippen LogP contribution in [0.3, 0.4) is 0 Å². The quantitative estimate of drug-likeness (QED) is 0.356. The molecule has 1 aromatic heterocycles. The number of urea groups is 1. The van der Waals surface area contributed by atoms with E-state index in [2.05, 4.69) is 20.6 Å². The number of aryl methyl sites for hydroxylation is 1. The predicted octanol–water partition coefficient (Wildman–Crippen LogP) is 5.78. The van der Waals surface area contributed by atoms with Crippen LogP contribution in [0.4, 0.5) is 16.3 Å². The highest BCUT2D eigenvalue weighted by molar-refractivity contribution is 6.04. The van der Waals surface area contributed by atoms with E-state index in [9.17, 15) is 4.79 Å². The van der Waals surface area contributed by atoms with E-state index in [1.54, 1.807) is 27.4 Å². The van der Waals surface area contributed by atoms with Crippen molar-refractivity contribution in [3.8, 4) is 17.2 Å². The summed E-state index contributed by atoms with van der Waals surface area (Å²) < 4.78 is 16.2. The van der Waals surface area contributed by atoms with Crippen LogP contribution in [0.15, 0.2) is 60.7 Å². The first-order valence-corrected chi connectivity index (χ1v) is 10.9. The number of ether oxygens (including phenoxy) is 3. The molecule has 0 aliphatic rings. The van der Waals surface area contributed by atoms with Gasteiger partial charge in [-0.05, 0) is 60.5 Å². The van der Waals surface area contributed by atoms with Gasteiger partial charge in [0.1, 0.15) is 5.82 Å². The first kappa shape index (κ1) is 23.6. The summed E-state index contributed by atoms with van der Waals surface area (Å²) in [6, 6.07) is 18.3. The van der Waals surface area contributed by atoms with Crippen molar-refractivity contribution in [2.75, 3.05) is 32.0 Å². The van der Waals surface area contributed by atoms with Gasteiger partial charge >= 0.3 is 6.03 Å². The Hall–Kier alpha value is -4.59. The molecule has 2 amide bonds. The molecule has 0 saturated heterocycles. The second kappa shape index (κ2) is 10.6. The van der Waals surface area contributed by atoms with Crippen LogP contribution in [0.5, 0.6) is 17.2 Å². The molecule has 3 aromatic carbocycles. The third kappa shape index (κ3) is 5.50. The molecule has 0 fully saturated rings. The minimum atomic E-state index is -0.390. The minimum absolute atomic E-state index is 0.390. The van der Waals surface area contributed by atoms with Crippen LogP contribution in [0, 0.1) is 6.92 Å². The van der Waals surface area contributed by atoms with Crippen LogP contribution >= 0.6 is 0 Å². The molecule has 0 spiro atoms. The van der Waals surface area contributed by atoms with Crippen molar-refractivity contribution < 1.29 is 19.0 Å². The number of carbonyl (C=O) groups is 1. The van der Waals surface area contributed by atoms with Crippen molar-refractivity contribution in [3.05, 3.63) is 77.6 Å². The van der Waals surface area contributed by atoms with Crippen LogP contribution in [0.1, 0.15) is 17.0 Å². The molecule has 35 heavy (non-hydrogen) atoms. The fraction of sp³-hybridized carbons (Fsp3) is 0.148. The van der Waals surface area contributed by atoms with Gasteiger partial charge in [-0.25, -0.2) is 14.8 Å². The highest BCUT2D eigenvalue weighted by Crippen LogP contribution is 2.38. The van der Waals surface area contributed by atoms with E-state index >= 15 is 0 Å². The van der Waals surface area contributed by atoms with Crippen LogP contribution in [0.2, 0.25) is 0 Å². The molecule has 178 valence electrons. The van der Waals surface area contributed by atoms with Gasteiger partial charge in [0.2, 0.25) is 5.75 Å². The largest absolute Gasteiger partial charge is 0.493 e. The Morgan fingerprint density at radius 1 is 0.829 bits per heavy atom. The second-order valence-corrected chi connectivity index (χ2v) is 7.69. The van der Waals surface area contributed by atoms with Crippen molar-refractivity contribution in [1.29, 1.82) is 0 Å². The maximum atomic E-state index is 12.7. The highest BCUT2D eigenvalue weighted by Gasteiger charge is 2.13. The fourth-order valence-corrected chi connectivity index (χ4v) is 3.63. The normalized spacial score (nSPS) is 10.9. The van der Waals surface area contributed by atoms with E-state index in [1.165, 1.54) is 0 Å². The number of rotatable bonds is 7. The molecule has 4 aromatic rings. The number of fused-ring (bicyclic) bond motifs is 1. The molecular formula is C27H26N4O4. The number of amides is 2. The van der Waals surface area contributed by atoms with Gasteiger partial charge in [-0.3, -0.25) is 5.32 Å². The predicted molar refractivity (Wildman–Crippen MR) is 138 cm³/mol. The minimum Gasteiger partial charge on any atom is -0.493 e. The lowest BCUT2D eigenvalue weighted by molar-refractivity contribution is 0.262. The van der Waals surface area contributed by atoms with Gasteiger partial charge < -0.3 is 19.5 Å². The van der Waals surface area contributed by atoms with Crippen molar-refractivity contribution in [1.82, 2.24) is 9.97 Å². The zero-order chi connectivity index (χ0) is 24.8. The van der Waals surface area contributed by atoms with Crippen molar-refractivity contribution in [2.45, 2.75) is 6.92 Å². The molecular weight excluding hydrogens is 444 g/mol. The number of benzene rings is 3. The molecule has 0 aliphatic heterocycles. The summed E-state index contributed by atoms with van der Waals surface area (Å²) in [5.74, 6) is 2.44. The summed E-state index contributed by atoms with van der Waals surface area (Å²) >= 11 is 0. The summed E-state index contributed by atoms with van der Waals surface area (Å²) in [4.78, 5) is 21.9. The molecule has 0 saturated carbocycles. The number of anilines is 2. The molecule has 0 radical (unpaired) electrons. The van der Waals surface area contributed by atoms with Gasteiger partial charge in [0.15, 0.2) is 17.3 Å². The summed E-state index contributed by atoms with van der Waals surface area (Å²) in [5.41, 5.74) is 3.26. The Kier molecular flexibility index (Phi) is 7.11. The van der Waals surface area contributed by atoms with E-state index in [0.717, 1.165) is 16.5 Å². The van der Waals surface area contributed by atoms with Gasteiger partial charge in [-0.2, -0.15) is 0 Å². The van der Waals surface area contributed by atoms with E-state index in [4.69, 9.17) is 14.2 Å². The first-order valence-electron chi connectivity index (χ1n) is 10.9. The van der Waals surface area contributed by atoms with Crippen molar-refractivity contribution >= 4 is 40.6 Å². The van der Waals surface area contributed by atoms with Gasteiger partial charge in [0, 0.05) is 11.1 Å². The lowest BCUT2D eigenvalue weighted by atomic mass is 10.1. The van der Waals surface area contributed by atoms with E-state index < -0.39 is 0 Å². The topological polar surface area (TPSA) is 94.6 Å². The monoisotopic (exact) mass is 470 g/mol. The summed E-state index contributed by atoms with van der Waals surface area (Å²) in [5, 5.41) is 6.43. The zero-order valence-electron chi connectivity index (χ0n) is 20.0. The van der Waals surface area contributed by atoms with Crippen molar-refractivity contribution in [2.24, 2.45) is 0 Å². The number of aromatic nitrogens is 2. The second-order valence-electron chi connectivity index (χ2n) is 7.69. The Labute approximate surface area is 203 Å². The van der Waals surface area contributed by atoms with Crippen molar-refractivity contribution in [3.63, 3.8) is 0 Å². The van der Waals surface area contributed by atoms with Gasteiger partial charge in [-0.1, -0.05) is 30.3 Å². The molecule has 4 rings (SSSR count). The SMILES string of the molecule is COc1cc(/C=C/c2nc(NC(=O)Nc3cccc(C)c3)c3ccccc3n2)cc(OC)c1OC. The molecule has 8 nitrogen and oxygen atoms in total. The standard InChI is InChI=1S/C27H26N4O4/c1-17-8-7-9-19(14-17)28-27(32)31-26-20-10-5-6-11-21(20)29-24(30-26)13-12-18-15-22(33-2)25(35-4)23(16-18)34-3/h5-16H,1-4H3,(H2,28,29,30,31,32)/b13-12+. The molecule has 1 heterocycles. The Bertz CT molecular complexity index is 1380. The first-order chi connectivity index (χ1) is 17.0. The van der Waals surface area contributed by atoms with E-state index in [-0.39, 0.29) is 6.03 Å². The van der Waals surface area contributed by atoms with Gasteiger partial charge in [0.25, 0.3) is 0 Å². The van der Waals surface area contributed by atoms with E-state index in [0.29, 0.717) is 40.1 Å². The number of hydrogen-bond acceptors (Lipinski definition) is 6. The maximum absolute atomic E-state index is 12.7. The summed E-state index contributed by atoms with van der Waals surface area (Å²) in [7, 11) is 4.69. The molecule has 8 heteroatoms. The van der Waals surface area contributed by atoms with Crippen LogP contribution in [-0.2, 0) is 0 Å². The Morgan fingerprint density at radius 2 is 1.57 bits per heavy atom. The third-order valence-corrected chi connectivity index (χ3v) is 5.24. The number of nitrogens with zero attached hydrogens (tertiary/aromatic N) is 2. The number of para-hydroxylation sites is 1. The van der Waals surface area contributed by atoms with E-state index in [1.807, 2.05) is 73.7 Å². The zero-order valence-corrected chi connectivity index (χ0v) is 20.0. The smallest absolute Gasteiger partial charge is 0.324 e. The fourth-order valence-electron chi connectivity index (χ4n) is 3.63. The molecule has 0 unspecified atom stereocenters. The molecule has 2 N–H and O–H groups in total. The summed E-state index contributed by atoms with van der Waals surface area (Å²) in [6.07, 6.45) is 3.60. The number of nitrogens with one attached hydrogen (secondary N) is 2. The Morgan fingerprint density at radius 3 is 2.26 bits per heavy atom. The lowest BCUT2D eigenvalue weighted by Crippen LogP contribution is -2.20. The average molecular weight is 471 g/mol. The third-order valence-electron chi connectivity index (χ3n) is 5.24. The number of carbonyl (C=O) groups excluding carboxylic acids is 1. The van der Waals surface area contributed by atoms with Gasteiger partial charge in [-0.15, -0.1) is 0 Å². The summed E-state index contributed by atoms with van der Waals surface area (Å²) in [6.45, 7) is 1.97. The average Bonchev–Trinajstić information content (AvgIpc) is 2.86. The van der Waals surface area contributed by atoms with Gasteiger partial charge in [0.05, 0.1) is 26.8 Å². The highest BCUT2D eigenvalue weighted by atomic mass is 16.5. The number of methoxy groups -OCH3 is 3. The molecule has 0 bridgehead atoms. The van der Waals surface area contributed by atoms with Crippen LogP contribution in [-0.4, -0.2) is 37.3 Å². The lowest BCUT2D eigenvalue weighted by Gasteiger charge is -2.13. The molecule has 0 aliphatic carbocycles.